The number of ether oxygens (including phenoxy) is 3. The molecule has 2 saturated carbocycles. The lowest BCUT2D eigenvalue weighted by Crippen LogP contribution is -2.74. The molecular formula is C30H37NO5. The molecule has 3 unspecified atom stereocenters. The summed E-state index contributed by atoms with van der Waals surface area (Å²) in [6.07, 6.45) is 4.40. The lowest BCUT2D eigenvalue weighted by Gasteiger charge is -2.67. The second kappa shape index (κ2) is 6.90. The Morgan fingerprint density at radius 1 is 1.17 bits per heavy atom. The lowest BCUT2D eigenvalue weighted by atomic mass is 9.41. The third kappa shape index (κ3) is 2.41. The highest BCUT2D eigenvalue weighted by Gasteiger charge is 2.77. The Bertz CT molecular complexity index is 1330. The van der Waals surface area contributed by atoms with E-state index in [1.54, 1.807) is 6.08 Å². The van der Waals surface area contributed by atoms with Gasteiger partial charge in [-0.25, -0.2) is 0 Å². The number of fused-ring (bicyclic) bond motifs is 9. The van der Waals surface area contributed by atoms with Crippen LogP contribution in [0.2, 0.25) is 0 Å². The van der Waals surface area contributed by atoms with Gasteiger partial charge in [0.25, 0.3) is 0 Å². The fourth-order valence-electron chi connectivity index (χ4n) is 8.85. The third-order valence-electron chi connectivity index (χ3n) is 10.8. The van der Waals surface area contributed by atoms with Crippen LogP contribution in [-0.4, -0.2) is 51.7 Å². The van der Waals surface area contributed by atoms with Crippen molar-refractivity contribution in [2.24, 2.45) is 11.3 Å². The molecule has 36 heavy (non-hydrogen) atoms. The van der Waals surface area contributed by atoms with Gasteiger partial charge in [-0.1, -0.05) is 39.0 Å². The summed E-state index contributed by atoms with van der Waals surface area (Å²) in [7, 11) is 0. The van der Waals surface area contributed by atoms with Crippen molar-refractivity contribution in [2.75, 3.05) is 6.61 Å². The van der Waals surface area contributed by atoms with Crippen LogP contribution in [0.15, 0.2) is 35.9 Å². The number of ketones is 1. The lowest BCUT2D eigenvalue weighted by molar-refractivity contribution is -0.280. The van der Waals surface area contributed by atoms with Gasteiger partial charge >= 0.3 is 0 Å². The Morgan fingerprint density at radius 2 is 1.94 bits per heavy atom. The van der Waals surface area contributed by atoms with Crippen LogP contribution in [-0.2, 0) is 30.8 Å². The van der Waals surface area contributed by atoms with Gasteiger partial charge in [-0.05, 0) is 63.2 Å². The molecule has 2 aliphatic heterocycles. The average molecular weight is 492 g/mol. The number of hydrogen-bond donors (Lipinski definition) is 2. The molecule has 2 N–H and O–H groups in total. The molecular weight excluding hydrogens is 454 g/mol. The first kappa shape index (κ1) is 23.2. The number of benzene rings is 1. The zero-order valence-corrected chi connectivity index (χ0v) is 21.9. The van der Waals surface area contributed by atoms with Gasteiger partial charge in [-0.2, -0.15) is 0 Å². The summed E-state index contributed by atoms with van der Waals surface area (Å²) >= 11 is 0. The fraction of sp³-hybridized carbons (Fsp3) is 0.633. The molecule has 6 nitrogen and oxygen atoms in total. The highest BCUT2D eigenvalue weighted by atomic mass is 16.8. The highest BCUT2D eigenvalue weighted by molar-refractivity contribution is 5.97. The van der Waals surface area contributed by atoms with Gasteiger partial charge in [0.1, 0.15) is 11.2 Å². The van der Waals surface area contributed by atoms with Crippen LogP contribution in [0.3, 0.4) is 0 Å². The quantitative estimate of drug-likeness (QED) is 0.649. The van der Waals surface area contributed by atoms with Gasteiger partial charge < -0.3 is 24.3 Å². The molecule has 1 aromatic carbocycles. The van der Waals surface area contributed by atoms with Gasteiger partial charge in [0.2, 0.25) is 0 Å². The maximum atomic E-state index is 13.3. The minimum Gasteiger partial charge on any atom is -0.382 e. The summed E-state index contributed by atoms with van der Waals surface area (Å²) in [4.78, 5) is 17.1. The molecule has 192 valence electrons. The van der Waals surface area contributed by atoms with Crippen LogP contribution in [0, 0.1) is 11.3 Å². The van der Waals surface area contributed by atoms with Crippen molar-refractivity contribution in [3.8, 4) is 0 Å². The number of carbonyl (C=O) groups is 1. The number of aliphatic hydroxyl groups is 1. The SMILES string of the molecule is CCCO[C@H]1C[C@H]2Cc3c([nH]c4ccccc34)[C@]2(C)C2(C)CCC34OC(C(=O)C=C3[C@]12O)C(C)(C)O4. The first-order valence-corrected chi connectivity index (χ1v) is 13.6. The zero-order chi connectivity index (χ0) is 25.3. The van der Waals surface area contributed by atoms with E-state index in [0.717, 1.165) is 18.4 Å². The summed E-state index contributed by atoms with van der Waals surface area (Å²) < 4.78 is 19.5. The number of aromatic amines is 1. The van der Waals surface area contributed by atoms with Crippen LogP contribution in [0.1, 0.15) is 71.6 Å². The fourth-order valence-corrected chi connectivity index (χ4v) is 8.85. The number of hydrogen-bond acceptors (Lipinski definition) is 5. The van der Waals surface area contributed by atoms with E-state index in [0.29, 0.717) is 37.4 Å². The van der Waals surface area contributed by atoms with Crippen molar-refractivity contribution in [1.82, 2.24) is 4.98 Å². The van der Waals surface area contributed by atoms with E-state index in [2.05, 4.69) is 50.0 Å². The largest absolute Gasteiger partial charge is 0.382 e. The van der Waals surface area contributed by atoms with Crippen molar-refractivity contribution in [3.63, 3.8) is 0 Å². The average Bonchev–Trinajstić information content (AvgIpc) is 3.42. The molecule has 3 aliphatic carbocycles. The standard InChI is InChI=1S/C30H37NO5/c1-6-13-34-23-15-17-14-19-18-9-7-8-10-20(18)31-24(19)28(17,5)27(4)11-12-29-22(30(23,27)33)16-21(32)25(35-29)26(2,3)36-29/h7-10,16-17,23,25,31,33H,6,11-15H2,1-5H3/t17-,23+,25?,27?,28-,29?,30+/m1/s1. The zero-order valence-electron chi connectivity index (χ0n) is 21.9. The Balaban J connectivity index is 1.45. The summed E-state index contributed by atoms with van der Waals surface area (Å²) in [6.45, 7) is 11.0. The van der Waals surface area contributed by atoms with Crippen LogP contribution in [0.25, 0.3) is 10.9 Å². The molecule has 5 aliphatic rings. The minimum atomic E-state index is -1.41. The van der Waals surface area contributed by atoms with E-state index in [1.807, 2.05) is 13.8 Å². The van der Waals surface area contributed by atoms with Crippen molar-refractivity contribution in [2.45, 2.75) is 101 Å². The Kier molecular flexibility index (Phi) is 4.44. The van der Waals surface area contributed by atoms with Crippen molar-refractivity contribution < 1.29 is 24.1 Å². The smallest absolute Gasteiger partial charge is 0.195 e. The van der Waals surface area contributed by atoms with E-state index in [9.17, 15) is 9.90 Å². The maximum absolute atomic E-state index is 13.3. The first-order valence-electron chi connectivity index (χ1n) is 13.6. The van der Waals surface area contributed by atoms with Crippen LogP contribution < -0.4 is 0 Å². The molecule has 7 rings (SSSR count). The van der Waals surface area contributed by atoms with E-state index >= 15 is 0 Å². The number of nitrogens with one attached hydrogen (secondary N) is 1. The number of rotatable bonds is 3. The Labute approximate surface area is 212 Å². The van der Waals surface area contributed by atoms with Crippen molar-refractivity contribution >= 4 is 16.7 Å². The first-order chi connectivity index (χ1) is 17.0. The van der Waals surface area contributed by atoms with Crippen LogP contribution >= 0.6 is 0 Å². The van der Waals surface area contributed by atoms with Gasteiger partial charge in [-0.3, -0.25) is 4.79 Å². The summed E-state index contributed by atoms with van der Waals surface area (Å²) in [6, 6.07) is 8.50. The number of H-pyrrole nitrogens is 1. The maximum Gasteiger partial charge on any atom is 0.195 e. The summed E-state index contributed by atoms with van der Waals surface area (Å²) in [5.74, 6) is -0.894. The molecule has 0 amide bonds. The van der Waals surface area contributed by atoms with Crippen molar-refractivity contribution in [3.05, 3.63) is 47.2 Å². The van der Waals surface area contributed by atoms with Gasteiger partial charge in [0, 0.05) is 46.0 Å². The highest BCUT2D eigenvalue weighted by Crippen LogP contribution is 2.72. The second-order valence-electron chi connectivity index (χ2n) is 12.7. The monoisotopic (exact) mass is 491 g/mol. The molecule has 3 fully saturated rings. The Morgan fingerprint density at radius 3 is 2.72 bits per heavy atom. The van der Waals surface area contributed by atoms with Gasteiger partial charge in [-0.15, -0.1) is 0 Å². The predicted octanol–water partition coefficient (Wildman–Crippen LogP) is 4.73. The Hall–Kier alpha value is -1.99. The van der Waals surface area contributed by atoms with Gasteiger partial charge in [0.05, 0.1) is 6.10 Å². The van der Waals surface area contributed by atoms with E-state index < -0.39 is 34.6 Å². The molecule has 6 heteroatoms. The van der Waals surface area contributed by atoms with Crippen LogP contribution in [0.4, 0.5) is 0 Å². The van der Waals surface area contributed by atoms with E-state index in [4.69, 9.17) is 14.2 Å². The normalized spacial score (nSPS) is 44.1. The molecule has 2 aromatic rings. The van der Waals surface area contributed by atoms with Gasteiger partial charge in [0.15, 0.2) is 17.7 Å². The summed E-state index contributed by atoms with van der Waals surface area (Å²) in [5.41, 5.74) is 1.21. The molecule has 1 spiro atoms. The summed E-state index contributed by atoms with van der Waals surface area (Å²) in [5, 5.41) is 14.4. The number of para-hydroxylation sites is 1. The number of aromatic nitrogens is 1. The predicted molar refractivity (Wildman–Crippen MR) is 136 cm³/mol. The molecule has 3 heterocycles. The second-order valence-corrected chi connectivity index (χ2v) is 12.7. The molecule has 7 atom stereocenters. The van der Waals surface area contributed by atoms with E-state index in [-0.39, 0.29) is 11.2 Å². The third-order valence-corrected chi connectivity index (χ3v) is 10.8. The molecule has 0 radical (unpaired) electrons. The molecule has 1 aromatic heterocycles. The molecule has 2 bridgehead atoms. The molecule has 1 saturated heterocycles. The van der Waals surface area contributed by atoms with Crippen molar-refractivity contribution in [1.29, 1.82) is 0 Å². The topological polar surface area (TPSA) is 80.8 Å². The van der Waals surface area contributed by atoms with Crippen LogP contribution in [0.5, 0.6) is 0 Å². The van der Waals surface area contributed by atoms with E-state index in [1.165, 1.54) is 16.6 Å². The minimum absolute atomic E-state index is 0.125. The number of carbonyl (C=O) groups excluding carboxylic acids is 1.